The van der Waals surface area contributed by atoms with Crippen LogP contribution in [0.5, 0.6) is 0 Å². The minimum atomic E-state index is -0.323. The third kappa shape index (κ3) is 3.62. The second kappa shape index (κ2) is 7.23. The van der Waals surface area contributed by atoms with Crippen LogP contribution in [0.2, 0.25) is 0 Å². The number of oxazole rings is 1. The minimum Gasteiger partial charge on any atom is -0.441 e. The fraction of sp³-hybridized carbons (Fsp3) is 0.500. The lowest BCUT2D eigenvalue weighted by Gasteiger charge is -2.35. The van der Waals surface area contributed by atoms with Gasteiger partial charge in [-0.05, 0) is 44.9 Å². The van der Waals surface area contributed by atoms with Crippen LogP contribution >= 0.6 is 0 Å². The van der Waals surface area contributed by atoms with Gasteiger partial charge in [-0.2, -0.15) is 0 Å². The Balaban J connectivity index is 1.80. The van der Waals surface area contributed by atoms with Gasteiger partial charge in [0.2, 0.25) is 5.89 Å². The molecule has 1 fully saturated rings. The van der Waals surface area contributed by atoms with E-state index in [1.54, 1.807) is 18.2 Å². The molecule has 0 radical (unpaired) electrons. The van der Waals surface area contributed by atoms with Crippen LogP contribution in [0, 0.1) is 12.7 Å². The lowest BCUT2D eigenvalue weighted by atomic mass is 9.99. The number of piperidine rings is 1. The molecule has 124 valence electrons. The molecule has 1 aliphatic heterocycles. The van der Waals surface area contributed by atoms with Gasteiger partial charge in [0.05, 0.1) is 11.3 Å². The van der Waals surface area contributed by atoms with Crippen molar-refractivity contribution in [1.82, 2.24) is 9.88 Å². The van der Waals surface area contributed by atoms with Crippen molar-refractivity contribution in [2.24, 2.45) is 0 Å². The highest BCUT2D eigenvalue weighted by Gasteiger charge is 2.24. The molecule has 2 aromatic rings. The summed E-state index contributed by atoms with van der Waals surface area (Å²) in [6.45, 7) is 3.78. The van der Waals surface area contributed by atoms with E-state index in [1.165, 1.54) is 18.9 Å². The van der Waals surface area contributed by atoms with Crippen molar-refractivity contribution in [1.29, 1.82) is 0 Å². The molecule has 0 amide bonds. The first-order valence-corrected chi connectivity index (χ1v) is 8.25. The smallest absolute Gasteiger partial charge is 0.229 e. The van der Waals surface area contributed by atoms with Crippen LogP contribution in [0.25, 0.3) is 11.5 Å². The molecule has 0 unspecified atom stereocenters. The number of halogens is 1. The summed E-state index contributed by atoms with van der Waals surface area (Å²) in [6.07, 6.45) is 4.27. The predicted octanol–water partition coefficient (Wildman–Crippen LogP) is 3.53. The first-order valence-electron chi connectivity index (χ1n) is 8.25. The number of hydrogen-bond donors (Lipinski definition) is 1. The van der Waals surface area contributed by atoms with Gasteiger partial charge in [-0.1, -0.05) is 18.6 Å². The number of hydrogen-bond acceptors (Lipinski definition) is 4. The highest BCUT2D eigenvalue weighted by Crippen LogP contribution is 2.27. The number of aliphatic hydroxyl groups excluding tert-OH is 1. The van der Waals surface area contributed by atoms with Gasteiger partial charge in [0.25, 0.3) is 0 Å². The summed E-state index contributed by atoms with van der Waals surface area (Å²) < 4.78 is 19.6. The number of aromatic nitrogens is 1. The van der Waals surface area contributed by atoms with Crippen LogP contribution in [-0.4, -0.2) is 34.2 Å². The van der Waals surface area contributed by atoms with E-state index in [0.717, 1.165) is 30.8 Å². The van der Waals surface area contributed by atoms with Crippen LogP contribution in [0.4, 0.5) is 4.39 Å². The summed E-state index contributed by atoms with van der Waals surface area (Å²) >= 11 is 0. The number of aliphatic hydroxyl groups is 1. The largest absolute Gasteiger partial charge is 0.441 e. The third-order valence-corrected chi connectivity index (χ3v) is 4.56. The van der Waals surface area contributed by atoms with Crippen LogP contribution in [-0.2, 0) is 6.54 Å². The number of aryl methyl sites for hydroxylation is 1. The Morgan fingerprint density at radius 2 is 2.17 bits per heavy atom. The fourth-order valence-corrected chi connectivity index (χ4v) is 3.26. The zero-order valence-electron chi connectivity index (χ0n) is 13.5. The van der Waals surface area contributed by atoms with Gasteiger partial charge < -0.3 is 9.52 Å². The molecular formula is C18H23FN2O2. The van der Waals surface area contributed by atoms with E-state index in [-0.39, 0.29) is 12.4 Å². The van der Waals surface area contributed by atoms with Gasteiger partial charge >= 0.3 is 0 Å². The summed E-state index contributed by atoms with van der Waals surface area (Å²) in [5.74, 6) is 0.749. The molecule has 4 nitrogen and oxygen atoms in total. The summed E-state index contributed by atoms with van der Waals surface area (Å²) in [5.41, 5.74) is 1.25. The highest BCUT2D eigenvalue weighted by molar-refractivity contribution is 5.54. The Morgan fingerprint density at radius 1 is 1.35 bits per heavy atom. The molecule has 1 aromatic heterocycles. The molecule has 1 saturated heterocycles. The molecule has 1 atom stereocenters. The molecule has 0 bridgehead atoms. The van der Waals surface area contributed by atoms with E-state index in [0.29, 0.717) is 24.0 Å². The van der Waals surface area contributed by atoms with E-state index in [9.17, 15) is 9.50 Å². The zero-order chi connectivity index (χ0) is 16.2. The van der Waals surface area contributed by atoms with Crippen LogP contribution < -0.4 is 0 Å². The molecule has 0 spiro atoms. The van der Waals surface area contributed by atoms with Crippen molar-refractivity contribution in [2.45, 2.75) is 45.2 Å². The quantitative estimate of drug-likeness (QED) is 0.916. The van der Waals surface area contributed by atoms with Gasteiger partial charge in [-0.25, -0.2) is 9.37 Å². The van der Waals surface area contributed by atoms with Crippen molar-refractivity contribution in [3.8, 4) is 11.5 Å². The second-order valence-corrected chi connectivity index (χ2v) is 6.13. The second-order valence-electron chi connectivity index (χ2n) is 6.13. The third-order valence-electron chi connectivity index (χ3n) is 4.56. The number of nitrogens with zero attached hydrogens (tertiary/aromatic N) is 2. The predicted molar refractivity (Wildman–Crippen MR) is 86.4 cm³/mol. The topological polar surface area (TPSA) is 49.5 Å². The Labute approximate surface area is 136 Å². The Bertz CT molecular complexity index is 654. The Morgan fingerprint density at radius 3 is 2.96 bits per heavy atom. The number of likely N-dealkylation sites (tertiary alicyclic amines) is 1. The van der Waals surface area contributed by atoms with Crippen molar-refractivity contribution in [3.63, 3.8) is 0 Å². The van der Waals surface area contributed by atoms with E-state index in [2.05, 4.69) is 9.88 Å². The molecule has 1 aromatic carbocycles. The van der Waals surface area contributed by atoms with E-state index >= 15 is 0 Å². The lowest BCUT2D eigenvalue weighted by Crippen LogP contribution is -2.39. The van der Waals surface area contributed by atoms with Gasteiger partial charge in [-0.15, -0.1) is 0 Å². The maximum atomic E-state index is 13.9. The molecular weight excluding hydrogens is 295 g/mol. The first-order chi connectivity index (χ1) is 11.2. The SMILES string of the molecule is Cc1oc(-c2ccccc2F)nc1CN1CCCC[C@@H]1CCO. The van der Waals surface area contributed by atoms with Crippen molar-refractivity contribution >= 4 is 0 Å². The summed E-state index contributed by atoms with van der Waals surface area (Å²) in [6, 6.07) is 6.92. The number of benzene rings is 1. The number of rotatable bonds is 5. The van der Waals surface area contributed by atoms with E-state index in [1.807, 2.05) is 6.92 Å². The Kier molecular flexibility index (Phi) is 5.08. The molecule has 3 rings (SSSR count). The molecule has 0 saturated carbocycles. The van der Waals surface area contributed by atoms with Crippen LogP contribution in [0.1, 0.15) is 37.1 Å². The lowest BCUT2D eigenvalue weighted by molar-refractivity contribution is 0.111. The van der Waals surface area contributed by atoms with Gasteiger partial charge in [0.15, 0.2) is 0 Å². The average molecular weight is 318 g/mol. The maximum Gasteiger partial charge on any atom is 0.229 e. The standard InChI is InChI=1S/C18H23FN2O2/c1-13-17(12-21-10-5-4-6-14(21)9-11-22)20-18(23-13)15-7-2-3-8-16(15)19/h2-3,7-8,14,22H,4-6,9-12H2,1H3/t14-/m1/s1. The molecule has 23 heavy (non-hydrogen) atoms. The molecule has 1 N–H and O–H groups in total. The molecule has 5 heteroatoms. The zero-order valence-corrected chi connectivity index (χ0v) is 13.5. The summed E-state index contributed by atoms with van der Waals surface area (Å²) in [7, 11) is 0. The maximum absolute atomic E-state index is 13.9. The minimum absolute atomic E-state index is 0.208. The van der Waals surface area contributed by atoms with Crippen molar-refractivity contribution in [2.75, 3.05) is 13.2 Å². The Hall–Kier alpha value is -1.72. The molecule has 0 aliphatic carbocycles. The monoisotopic (exact) mass is 318 g/mol. The van der Waals surface area contributed by atoms with E-state index in [4.69, 9.17) is 4.42 Å². The van der Waals surface area contributed by atoms with Gasteiger partial charge in [-0.3, -0.25) is 4.90 Å². The van der Waals surface area contributed by atoms with Gasteiger partial charge in [0, 0.05) is 19.2 Å². The van der Waals surface area contributed by atoms with E-state index < -0.39 is 0 Å². The normalized spacial score (nSPS) is 19.2. The molecule has 1 aliphatic rings. The van der Waals surface area contributed by atoms with Crippen LogP contribution in [0.15, 0.2) is 28.7 Å². The molecule has 2 heterocycles. The highest BCUT2D eigenvalue weighted by atomic mass is 19.1. The van der Waals surface area contributed by atoms with Crippen molar-refractivity contribution < 1.29 is 13.9 Å². The summed E-state index contributed by atoms with van der Waals surface area (Å²) in [4.78, 5) is 6.88. The average Bonchev–Trinajstić information content (AvgIpc) is 2.91. The van der Waals surface area contributed by atoms with Crippen molar-refractivity contribution in [3.05, 3.63) is 41.5 Å². The fourth-order valence-electron chi connectivity index (χ4n) is 3.26. The first kappa shape index (κ1) is 16.1. The van der Waals surface area contributed by atoms with Gasteiger partial charge in [0.1, 0.15) is 11.6 Å². The summed E-state index contributed by atoms with van der Waals surface area (Å²) in [5, 5.41) is 9.24. The van der Waals surface area contributed by atoms with Crippen LogP contribution in [0.3, 0.4) is 0 Å².